The number of Topliss-reactive ketones (excluding diaryl/α,β-unsaturated/α-hetero) is 1. The van der Waals surface area contributed by atoms with Crippen molar-refractivity contribution in [1.29, 1.82) is 15.8 Å². The number of hydrogen-bond acceptors (Lipinski definition) is 30. The van der Waals surface area contributed by atoms with E-state index in [1.807, 2.05) is 184 Å². The van der Waals surface area contributed by atoms with Gasteiger partial charge in [0.05, 0.1) is 29.3 Å². The maximum atomic E-state index is 14.1. The van der Waals surface area contributed by atoms with Gasteiger partial charge in [-0.15, -0.1) is 11.8 Å². The largest absolute Gasteiger partial charge is 0.481 e. The number of carboxylic acid groups (broad SMARTS) is 2. The number of carbonyl (C=O) groups excluding carboxylic acids is 10. The highest BCUT2D eigenvalue weighted by atomic mass is 33.1. The average Bonchev–Trinajstić information content (AvgIpc) is 0.757. The molecule has 0 saturated heterocycles. The zero-order valence-corrected chi connectivity index (χ0v) is 100. The van der Waals surface area contributed by atoms with Crippen LogP contribution < -0.4 is 27.4 Å². The highest BCUT2D eigenvalue weighted by molar-refractivity contribution is 8.76. The molecule has 0 aliphatic rings. The van der Waals surface area contributed by atoms with E-state index >= 15 is 0 Å². The second-order valence-electron chi connectivity index (χ2n) is 31.7. The summed E-state index contributed by atoms with van der Waals surface area (Å²) in [4.78, 5) is 142. The number of likely N-dealkylation sites (N-methyl/N-ethyl adjacent to an activating group) is 3. The Morgan fingerprint density at radius 3 is 0.993 bits per heavy atom. The fourth-order valence-electron chi connectivity index (χ4n) is 8.98. The smallest absolute Gasteiger partial charge is 0.410 e. The normalized spacial score (nSPS) is 9.83. The van der Waals surface area contributed by atoms with Gasteiger partial charge in [-0.1, -0.05) is 166 Å². The lowest BCUT2D eigenvalue weighted by molar-refractivity contribution is -0.155. The van der Waals surface area contributed by atoms with Crippen molar-refractivity contribution in [3.05, 3.63) is 108 Å². The number of nitrogens with one attached hydrogen (secondary N) is 3. The predicted octanol–water partition coefficient (Wildman–Crippen LogP) is 20.3. The van der Waals surface area contributed by atoms with Gasteiger partial charge in [0.2, 0.25) is 23.6 Å². The van der Waals surface area contributed by atoms with Crippen LogP contribution in [0.5, 0.6) is 0 Å². The molecule has 0 aliphatic heterocycles. The fraction of sp³-hybridized carbons (Fsp3) is 0.663. The molecule has 0 radical (unpaired) electrons. The van der Waals surface area contributed by atoms with Crippen molar-refractivity contribution >= 4 is 179 Å². The van der Waals surface area contributed by atoms with Crippen molar-refractivity contribution in [3.63, 3.8) is 0 Å². The Kier molecular flexibility index (Phi) is 140. The average molecular weight is 2140 g/mol. The molecule has 0 saturated carbocycles. The van der Waals surface area contributed by atoms with Gasteiger partial charge in [-0.05, 0) is 269 Å². The number of unbranched alkanes of at least 4 members (excludes halogenated alkanes) is 6. The molecule has 804 valence electrons. The van der Waals surface area contributed by atoms with Crippen LogP contribution in [-0.4, -0.2) is 275 Å². The van der Waals surface area contributed by atoms with Gasteiger partial charge in [0.1, 0.15) is 40.3 Å². The van der Waals surface area contributed by atoms with Crippen molar-refractivity contribution in [2.24, 2.45) is 11.5 Å². The molecule has 0 fully saturated rings. The summed E-state index contributed by atoms with van der Waals surface area (Å²) < 4.78 is 24.0. The van der Waals surface area contributed by atoms with Gasteiger partial charge in [0.15, 0.2) is 0 Å². The number of nitrogens with zero attached hydrogens (tertiary/aromatic N) is 6. The summed E-state index contributed by atoms with van der Waals surface area (Å²) in [7, 11) is 21.9. The number of ketones is 1. The molecule has 0 aliphatic carbocycles. The van der Waals surface area contributed by atoms with Gasteiger partial charge >= 0.3 is 30.0 Å². The topological polar surface area (TPSA) is 461 Å². The lowest BCUT2D eigenvalue weighted by atomic mass is 9.84. The molecule has 138 heavy (non-hydrogen) atoms. The molecule has 0 aromatic heterocycles. The zero-order valence-electron chi connectivity index (χ0n) is 91.2. The van der Waals surface area contributed by atoms with Crippen LogP contribution in [-0.2, 0) is 81.2 Å². The van der Waals surface area contributed by atoms with Gasteiger partial charge < -0.3 is 76.0 Å². The molecule has 40 heteroatoms. The highest BCUT2D eigenvalue weighted by Gasteiger charge is 2.38. The van der Waals surface area contributed by atoms with Gasteiger partial charge in [0, 0.05) is 100 Å². The van der Waals surface area contributed by atoms with E-state index in [0.29, 0.717) is 57.9 Å². The maximum absolute atomic E-state index is 14.1. The van der Waals surface area contributed by atoms with Crippen LogP contribution in [0.15, 0.2) is 91.0 Å². The minimum Gasteiger partial charge on any atom is -0.481 e. The number of carbonyl (C=O) groups is 12. The summed E-state index contributed by atoms with van der Waals surface area (Å²) in [5.41, 5.74) is 11.0. The quantitative estimate of drug-likeness (QED) is 0.00743. The number of rotatable bonds is 33. The molecule has 0 spiro atoms. The van der Waals surface area contributed by atoms with Crippen molar-refractivity contribution in [1.82, 2.24) is 30.7 Å². The Bertz CT molecular complexity index is 3300. The number of aliphatic carboxylic acids is 2. The lowest BCUT2D eigenvalue weighted by Crippen LogP contribution is -2.55. The van der Waals surface area contributed by atoms with Crippen LogP contribution in [0.1, 0.15) is 258 Å². The number of methoxy groups -OCH3 is 1. The third-order valence-electron chi connectivity index (χ3n) is 14.1. The Morgan fingerprint density at radius 1 is 0.457 bits per heavy atom. The Labute approximate surface area is 872 Å². The van der Waals surface area contributed by atoms with Crippen LogP contribution in [0.3, 0.4) is 0 Å². The third-order valence-corrected chi connectivity index (χ3v) is 17.0. The first kappa shape index (κ1) is 165. The van der Waals surface area contributed by atoms with Crippen molar-refractivity contribution < 1.29 is 91.4 Å². The first-order chi connectivity index (χ1) is 64.3. The summed E-state index contributed by atoms with van der Waals surface area (Å²) in [6.45, 7) is 35.2. The second kappa shape index (κ2) is 117. The fourth-order valence-corrected chi connectivity index (χ4v) is 10.5. The third kappa shape index (κ3) is 136. The number of nitrogens with two attached hydrogens (primary N) is 2. The predicted molar refractivity (Wildman–Crippen MR) is 605 cm³/mol. The summed E-state index contributed by atoms with van der Waals surface area (Å²) in [6.07, 6.45) is 29.5. The van der Waals surface area contributed by atoms with E-state index in [4.69, 9.17) is 54.5 Å². The molecule has 5 amide bonds. The molecule has 3 aromatic rings. The molecule has 30 nitrogen and oxygen atoms in total. The Hall–Kier alpha value is -6.61. The van der Waals surface area contributed by atoms with Gasteiger partial charge in [-0.25, -0.2) is 4.79 Å². The number of ether oxygens (including phenoxy) is 5. The van der Waals surface area contributed by atoms with Crippen LogP contribution >= 0.6 is 108 Å². The number of hydrogen-bond donors (Lipinski definition) is 7. The van der Waals surface area contributed by atoms with Crippen LogP contribution in [0.25, 0.3) is 0 Å². The van der Waals surface area contributed by atoms with Crippen molar-refractivity contribution in [3.8, 4) is 17.4 Å². The molecule has 3 rings (SSSR count). The van der Waals surface area contributed by atoms with Crippen molar-refractivity contribution in [2.75, 3.05) is 144 Å². The van der Waals surface area contributed by atoms with E-state index in [1.165, 1.54) is 73.5 Å². The van der Waals surface area contributed by atoms with E-state index in [-0.39, 0.29) is 89.0 Å². The lowest BCUT2D eigenvalue weighted by Gasteiger charge is -2.35. The molecule has 9 N–H and O–H groups in total. The van der Waals surface area contributed by atoms with Crippen molar-refractivity contribution in [2.45, 2.75) is 280 Å². The van der Waals surface area contributed by atoms with Gasteiger partial charge in [-0.2, -0.15) is 62.8 Å². The zero-order chi connectivity index (χ0) is 112. The second-order valence-corrected chi connectivity index (χ2v) is 39.7. The number of amides is 5. The molecule has 5 atom stereocenters. The first-order valence-electron chi connectivity index (χ1n) is 44.4. The van der Waals surface area contributed by atoms with E-state index in [9.17, 15) is 47.9 Å². The molecule has 3 aromatic carbocycles. The van der Waals surface area contributed by atoms with E-state index in [2.05, 4.69) is 124 Å². The summed E-state index contributed by atoms with van der Waals surface area (Å²) in [5, 5.41) is 45.4. The number of carboxylic acids is 2. The van der Waals surface area contributed by atoms with E-state index < -0.39 is 47.5 Å². The molecular formula is C98H186N11O19P3S7. The SMILES string of the molecule is CC(=O)O.CC(=O)O.CCC(=O)OC(C)(C)C.CCC(=O)OC(C)(C)C.CCC(=O)OC(C)(C)C.CCCCCCC(=O)N[C@@H](CCCCNC(=O)CCCCCSC(c1ccccc1)(c1ccccc1)c1ccccc1)C(=O)N(C)[C@@H](CC(C)=O)C(=O)N(C)CCN(C)C(=O)OC(C)(C)C.CN.CN.CNC.COC(C)=O.CSC.CSC.CSC.CSC.CSSC.N#CP.N#CP.N#CP. The minimum atomic E-state index is -1.10. The summed E-state index contributed by atoms with van der Waals surface area (Å²) in [6, 6.07) is 29.9. The van der Waals surface area contributed by atoms with E-state index in [1.54, 1.807) is 142 Å². The number of benzene rings is 3. The van der Waals surface area contributed by atoms with Gasteiger partial charge in [0.25, 0.3) is 11.9 Å². The van der Waals surface area contributed by atoms with Crippen LogP contribution in [0.2, 0.25) is 0 Å². The molecular weight excluding hydrogens is 1950 g/mol. The number of thioether (sulfide) groups is 5. The number of esters is 4. The maximum Gasteiger partial charge on any atom is 0.410 e. The summed E-state index contributed by atoms with van der Waals surface area (Å²) >= 11 is 8.93. The summed E-state index contributed by atoms with van der Waals surface area (Å²) in [5.74, 6) is 2.14. The van der Waals surface area contributed by atoms with Gasteiger partial charge in [-0.3, -0.25) is 52.7 Å². The number of nitriles is 3. The van der Waals surface area contributed by atoms with Crippen LogP contribution in [0.4, 0.5) is 4.79 Å². The standard InChI is InChI=1S/C53H77N5O7S.3C7H14O2.C3H6O2.C2H7N.2C2H4O2.C2H6S2.4C2H6S.3CH2NP.2CH5N/c1-9-10-11-22-35-48(61)55-45(49(62)58(8)46(40-41(2)59)50(63)56(6)37-38-57(7)51(64)65-52(3,4)5)33-24-25-36-54-47(60)34-23-15-26-39-66-53(42-27-16-12-17-28-42,43-29-18-13-19-30-43)44-31-20-14-21-32-44;3*1-5-6(8)9-7(2,3)4;1-3(4)5-2;1-3-2;2*1-2(3)4;1-3-4-2;4*1-3-2;3*2-1-3;2*1-2/h12-14,16-21,27-32,45-46H,9-11,15,22-26,33-40H2,1-8H3,(H,54,60)(H,55,61);3*5H2,1-4H3;1-2H3;3H,1-2H3;2*1H3,(H,3,4);1-2H3;4*1-2H3;3*3H2;2*2H2,1H3/t45-,46-;;;;;;;;;;;;;;;;;/m0................./s1. The molecule has 0 bridgehead atoms. The van der Waals surface area contributed by atoms with E-state index in [0.717, 1.165) is 58.1 Å². The minimum absolute atomic E-state index is 0.0189. The Morgan fingerprint density at radius 2 is 0.739 bits per heavy atom. The van der Waals surface area contributed by atoms with Crippen LogP contribution in [0, 0.1) is 33.2 Å². The Balaban J connectivity index is -0.000000129. The molecule has 0 heterocycles. The molecule has 3 unspecified atom stereocenters. The highest BCUT2D eigenvalue weighted by Crippen LogP contribution is 2.49. The first-order valence-corrected chi connectivity index (χ1v) is 56.7. The monoisotopic (exact) mass is 2140 g/mol.